The van der Waals surface area contributed by atoms with Gasteiger partial charge in [-0.25, -0.2) is 4.98 Å². The molecule has 0 radical (unpaired) electrons. The second-order valence-electron chi connectivity index (χ2n) is 4.74. The van der Waals surface area contributed by atoms with E-state index < -0.39 is 0 Å². The summed E-state index contributed by atoms with van der Waals surface area (Å²) in [6.07, 6.45) is 4.04. The summed E-state index contributed by atoms with van der Waals surface area (Å²) in [4.78, 5) is 6.68. The normalized spacial score (nSPS) is 14.3. The average Bonchev–Trinajstić information content (AvgIpc) is 2.46. The Kier molecular flexibility index (Phi) is 3.40. The molecule has 98 valence electrons. The van der Waals surface area contributed by atoms with Crippen LogP contribution in [0.25, 0.3) is 0 Å². The van der Waals surface area contributed by atoms with Gasteiger partial charge in [0.1, 0.15) is 0 Å². The molecule has 1 aliphatic rings. The van der Waals surface area contributed by atoms with Gasteiger partial charge < -0.3 is 10.6 Å². The van der Waals surface area contributed by atoms with Gasteiger partial charge in [0.05, 0.1) is 5.02 Å². The van der Waals surface area contributed by atoms with Gasteiger partial charge in [0, 0.05) is 25.0 Å². The van der Waals surface area contributed by atoms with Gasteiger partial charge in [-0.2, -0.15) is 0 Å². The maximum atomic E-state index is 6.35. The van der Waals surface area contributed by atoms with Crippen LogP contribution in [-0.2, 0) is 13.0 Å². The number of rotatable bonds is 2. The van der Waals surface area contributed by atoms with E-state index in [4.69, 9.17) is 17.3 Å². The first-order chi connectivity index (χ1) is 9.29. The maximum Gasteiger partial charge on any atom is 0.151 e. The zero-order valence-corrected chi connectivity index (χ0v) is 11.4. The van der Waals surface area contributed by atoms with E-state index in [1.807, 2.05) is 6.07 Å². The minimum atomic E-state index is 0.462. The van der Waals surface area contributed by atoms with Crippen LogP contribution < -0.4 is 10.6 Å². The molecular weight excluding hydrogens is 258 g/mol. The molecule has 0 saturated heterocycles. The van der Waals surface area contributed by atoms with Crippen molar-refractivity contribution in [3.05, 3.63) is 52.7 Å². The van der Waals surface area contributed by atoms with Crippen LogP contribution in [0.2, 0.25) is 5.02 Å². The molecule has 0 bridgehead atoms. The molecular formula is C15H16ClN3. The summed E-state index contributed by atoms with van der Waals surface area (Å²) in [6, 6.07) is 10.3. The van der Waals surface area contributed by atoms with Crippen molar-refractivity contribution in [2.45, 2.75) is 19.4 Å². The highest BCUT2D eigenvalue weighted by molar-refractivity contribution is 6.33. The molecule has 0 amide bonds. The second kappa shape index (κ2) is 5.19. The van der Waals surface area contributed by atoms with Gasteiger partial charge >= 0.3 is 0 Å². The third-order valence-corrected chi connectivity index (χ3v) is 3.76. The molecule has 2 aromatic rings. The highest BCUT2D eigenvalue weighted by atomic mass is 35.5. The van der Waals surface area contributed by atoms with Crippen LogP contribution in [0.5, 0.6) is 0 Å². The van der Waals surface area contributed by atoms with Crippen LogP contribution in [-0.4, -0.2) is 11.5 Å². The van der Waals surface area contributed by atoms with E-state index >= 15 is 0 Å². The molecule has 2 heterocycles. The predicted molar refractivity (Wildman–Crippen MR) is 78.9 cm³/mol. The van der Waals surface area contributed by atoms with E-state index in [1.54, 1.807) is 6.20 Å². The molecule has 2 N–H and O–H groups in total. The smallest absolute Gasteiger partial charge is 0.151 e. The SMILES string of the molecule is NCc1cnc(N2CCCc3ccccc32)c(Cl)c1. The van der Waals surface area contributed by atoms with Crippen LogP contribution in [0.1, 0.15) is 17.5 Å². The number of nitrogens with two attached hydrogens (primary N) is 1. The lowest BCUT2D eigenvalue weighted by Gasteiger charge is -2.31. The first kappa shape index (κ1) is 12.5. The average molecular weight is 274 g/mol. The fraction of sp³-hybridized carbons (Fsp3) is 0.267. The quantitative estimate of drug-likeness (QED) is 0.913. The summed E-state index contributed by atoms with van der Waals surface area (Å²) in [7, 11) is 0. The predicted octanol–water partition coefficient (Wildman–Crippen LogP) is 3.28. The Morgan fingerprint density at radius 2 is 2.16 bits per heavy atom. The molecule has 3 rings (SSSR count). The van der Waals surface area contributed by atoms with Gasteiger partial charge in [0.15, 0.2) is 5.82 Å². The van der Waals surface area contributed by atoms with E-state index in [-0.39, 0.29) is 0 Å². The van der Waals surface area contributed by atoms with Gasteiger partial charge in [-0.1, -0.05) is 29.8 Å². The topological polar surface area (TPSA) is 42.1 Å². The molecule has 1 aromatic heterocycles. The van der Waals surface area contributed by atoms with Gasteiger partial charge in [-0.05, 0) is 36.1 Å². The van der Waals surface area contributed by atoms with Crippen LogP contribution in [0.15, 0.2) is 36.5 Å². The number of aromatic nitrogens is 1. The summed E-state index contributed by atoms with van der Waals surface area (Å²) < 4.78 is 0. The number of pyridine rings is 1. The highest BCUT2D eigenvalue weighted by Crippen LogP contribution is 2.35. The van der Waals surface area contributed by atoms with Crippen molar-refractivity contribution in [1.82, 2.24) is 4.98 Å². The lowest BCUT2D eigenvalue weighted by Crippen LogP contribution is -2.25. The molecule has 0 saturated carbocycles. The zero-order chi connectivity index (χ0) is 13.2. The largest absolute Gasteiger partial charge is 0.326 e. The number of nitrogens with zero attached hydrogens (tertiary/aromatic N) is 2. The fourth-order valence-corrected chi connectivity index (χ4v) is 2.83. The molecule has 0 aliphatic carbocycles. The Morgan fingerprint density at radius 1 is 1.32 bits per heavy atom. The first-order valence-electron chi connectivity index (χ1n) is 6.49. The van der Waals surface area contributed by atoms with Gasteiger partial charge in [0.25, 0.3) is 0 Å². The molecule has 0 atom stereocenters. The summed E-state index contributed by atoms with van der Waals surface area (Å²) in [5.74, 6) is 0.825. The van der Waals surface area contributed by atoms with E-state index in [2.05, 4.69) is 34.1 Å². The van der Waals surface area contributed by atoms with E-state index in [0.29, 0.717) is 11.6 Å². The fourth-order valence-electron chi connectivity index (χ4n) is 2.53. The lowest BCUT2D eigenvalue weighted by molar-refractivity contribution is 0.759. The number of halogens is 1. The van der Waals surface area contributed by atoms with Crippen molar-refractivity contribution < 1.29 is 0 Å². The standard InChI is InChI=1S/C15H16ClN3/c16-13-8-11(9-17)10-18-15(13)19-7-3-5-12-4-1-2-6-14(12)19/h1-2,4,6,8,10H,3,5,7,9,17H2. The zero-order valence-electron chi connectivity index (χ0n) is 10.6. The van der Waals surface area contributed by atoms with Gasteiger partial charge in [-0.15, -0.1) is 0 Å². The summed E-state index contributed by atoms with van der Waals surface area (Å²) >= 11 is 6.35. The molecule has 1 aliphatic heterocycles. The number of para-hydroxylation sites is 1. The molecule has 19 heavy (non-hydrogen) atoms. The first-order valence-corrected chi connectivity index (χ1v) is 6.87. The molecule has 0 fully saturated rings. The number of anilines is 2. The monoisotopic (exact) mass is 273 g/mol. The highest BCUT2D eigenvalue weighted by Gasteiger charge is 2.20. The van der Waals surface area contributed by atoms with Gasteiger partial charge in [0.2, 0.25) is 0 Å². The van der Waals surface area contributed by atoms with Crippen LogP contribution in [0.3, 0.4) is 0 Å². The Morgan fingerprint density at radius 3 is 2.95 bits per heavy atom. The van der Waals surface area contributed by atoms with Crippen LogP contribution >= 0.6 is 11.6 Å². The molecule has 4 heteroatoms. The number of hydrogen-bond acceptors (Lipinski definition) is 3. The number of benzene rings is 1. The minimum absolute atomic E-state index is 0.462. The molecule has 0 unspecified atom stereocenters. The van der Waals surface area contributed by atoms with Crippen molar-refractivity contribution in [1.29, 1.82) is 0 Å². The summed E-state index contributed by atoms with van der Waals surface area (Å²) in [6.45, 7) is 1.41. The van der Waals surface area contributed by atoms with E-state index in [0.717, 1.165) is 30.8 Å². The van der Waals surface area contributed by atoms with Crippen molar-refractivity contribution in [2.24, 2.45) is 5.73 Å². The van der Waals surface area contributed by atoms with Crippen molar-refractivity contribution in [3.63, 3.8) is 0 Å². The van der Waals surface area contributed by atoms with E-state index in [1.165, 1.54) is 11.3 Å². The number of fused-ring (bicyclic) bond motifs is 1. The minimum Gasteiger partial charge on any atom is -0.326 e. The van der Waals surface area contributed by atoms with Crippen LogP contribution in [0, 0.1) is 0 Å². The number of aryl methyl sites for hydroxylation is 1. The Hall–Kier alpha value is -1.58. The Balaban J connectivity index is 2.04. The maximum absolute atomic E-state index is 6.35. The molecule has 3 nitrogen and oxygen atoms in total. The summed E-state index contributed by atoms with van der Waals surface area (Å²) in [5.41, 5.74) is 9.14. The van der Waals surface area contributed by atoms with Crippen molar-refractivity contribution in [2.75, 3.05) is 11.4 Å². The van der Waals surface area contributed by atoms with Crippen LogP contribution in [0.4, 0.5) is 11.5 Å². The Labute approximate surface area is 118 Å². The lowest BCUT2D eigenvalue weighted by atomic mass is 10.0. The van der Waals surface area contributed by atoms with Gasteiger partial charge in [-0.3, -0.25) is 0 Å². The third kappa shape index (κ3) is 2.31. The second-order valence-corrected chi connectivity index (χ2v) is 5.14. The Bertz CT molecular complexity index is 598. The number of hydrogen-bond donors (Lipinski definition) is 1. The third-order valence-electron chi connectivity index (χ3n) is 3.48. The van der Waals surface area contributed by atoms with Crippen molar-refractivity contribution >= 4 is 23.1 Å². The molecule has 1 aromatic carbocycles. The van der Waals surface area contributed by atoms with Crippen molar-refractivity contribution in [3.8, 4) is 0 Å². The van der Waals surface area contributed by atoms with E-state index in [9.17, 15) is 0 Å². The molecule has 0 spiro atoms. The summed E-state index contributed by atoms with van der Waals surface area (Å²) in [5, 5.41) is 0.666.